The van der Waals surface area contributed by atoms with Gasteiger partial charge in [0.2, 0.25) is 0 Å². The Balaban J connectivity index is 1.50. The smallest absolute Gasteiger partial charge is 0.163 e. The fourth-order valence-electron chi connectivity index (χ4n) is 3.70. The second-order valence-electron chi connectivity index (χ2n) is 7.45. The van der Waals surface area contributed by atoms with Crippen molar-refractivity contribution in [3.8, 4) is 11.4 Å². The topological polar surface area (TPSA) is 59.9 Å². The second kappa shape index (κ2) is 8.48. The molecule has 1 aliphatic heterocycles. The van der Waals surface area contributed by atoms with E-state index < -0.39 is 0 Å². The van der Waals surface area contributed by atoms with Gasteiger partial charge in [-0.15, -0.1) is 0 Å². The summed E-state index contributed by atoms with van der Waals surface area (Å²) in [4.78, 5) is 13.4. The van der Waals surface area contributed by atoms with Crippen molar-refractivity contribution in [3.63, 3.8) is 0 Å². The molecule has 0 spiro atoms. The summed E-state index contributed by atoms with van der Waals surface area (Å²) in [5.41, 5.74) is 4.39. The van der Waals surface area contributed by atoms with Gasteiger partial charge in [-0.25, -0.2) is 9.97 Å². The number of benzene rings is 1. The molecule has 1 saturated heterocycles. The van der Waals surface area contributed by atoms with Gasteiger partial charge in [-0.1, -0.05) is 29.8 Å². The zero-order chi connectivity index (χ0) is 19.3. The van der Waals surface area contributed by atoms with Crippen molar-refractivity contribution in [1.29, 1.82) is 0 Å². The standard InChI is InChI=1S/C23H26N4O/c1-16-7-9-18(10-8-16)22-19(6-4-12-28-22)15-25-21-13-17(2)26-23(27-21)20-5-3-11-24-14-20/h3,5,7-11,13-14,19,22H,4,6,12,15H2,1-2H3,(H,25,26,27). The summed E-state index contributed by atoms with van der Waals surface area (Å²) < 4.78 is 6.14. The lowest BCUT2D eigenvalue weighted by Crippen LogP contribution is -2.28. The van der Waals surface area contributed by atoms with E-state index in [9.17, 15) is 0 Å². The summed E-state index contributed by atoms with van der Waals surface area (Å²) in [7, 11) is 0. The molecule has 2 atom stereocenters. The largest absolute Gasteiger partial charge is 0.373 e. The summed E-state index contributed by atoms with van der Waals surface area (Å²) >= 11 is 0. The summed E-state index contributed by atoms with van der Waals surface area (Å²) in [6.07, 6.45) is 5.92. The first kappa shape index (κ1) is 18.6. The lowest BCUT2D eigenvalue weighted by molar-refractivity contribution is -0.0238. The van der Waals surface area contributed by atoms with Crippen molar-refractivity contribution < 1.29 is 4.74 Å². The predicted octanol–water partition coefficient (Wildman–Crippen LogP) is 4.74. The van der Waals surface area contributed by atoms with Crippen LogP contribution in [0.1, 0.15) is 35.8 Å². The Morgan fingerprint density at radius 2 is 1.96 bits per heavy atom. The predicted molar refractivity (Wildman–Crippen MR) is 111 cm³/mol. The van der Waals surface area contributed by atoms with Crippen LogP contribution in [0.3, 0.4) is 0 Å². The Morgan fingerprint density at radius 1 is 1.11 bits per heavy atom. The zero-order valence-corrected chi connectivity index (χ0v) is 16.4. The highest BCUT2D eigenvalue weighted by Gasteiger charge is 2.27. The van der Waals surface area contributed by atoms with E-state index in [2.05, 4.69) is 46.5 Å². The van der Waals surface area contributed by atoms with Crippen molar-refractivity contribution in [3.05, 3.63) is 71.7 Å². The zero-order valence-electron chi connectivity index (χ0n) is 16.4. The molecule has 144 valence electrons. The number of anilines is 1. The molecule has 3 aromatic rings. The average Bonchev–Trinajstić information content (AvgIpc) is 2.73. The van der Waals surface area contributed by atoms with Crippen LogP contribution in [0.25, 0.3) is 11.4 Å². The number of aryl methyl sites for hydroxylation is 2. The van der Waals surface area contributed by atoms with Crippen LogP contribution in [0, 0.1) is 19.8 Å². The molecule has 2 unspecified atom stereocenters. The van der Waals surface area contributed by atoms with Gasteiger partial charge >= 0.3 is 0 Å². The normalized spacial score (nSPS) is 19.4. The molecule has 0 saturated carbocycles. The van der Waals surface area contributed by atoms with Crippen molar-refractivity contribution in [2.75, 3.05) is 18.5 Å². The molecule has 28 heavy (non-hydrogen) atoms. The monoisotopic (exact) mass is 374 g/mol. The summed E-state index contributed by atoms with van der Waals surface area (Å²) in [5, 5.41) is 3.52. The van der Waals surface area contributed by atoms with E-state index in [1.54, 1.807) is 12.4 Å². The molecule has 1 aromatic carbocycles. The molecule has 1 aliphatic rings. The molecular weight excluding hydrogens is 348 g/mol. The lowest BCUT2D eigenvalue weighted by Gasteiger charge is -2.32. The summed E-state index contributed by atoms with van der Waals surface area (Å²) in [6, 6.07) is 14.6. The van der Waals surface area contributed by atoms with Gasteiger partial charge in [0, 0.05) is 48.8 Å². The first-order chi connectivity index (χ1) is 13.7. The first-order valence-corrected chi connectivity index (χ1v) is 9.87. The number of hydrogen-bond donors (Lipinski definition) is 1. The Hall–Kier alpha value is -2.79. The van der Waals surface area contributed by atoms with Gasteiger partial charge in [0.15, 0.2) is 5.82 Å². The number of rotatable bonds is 5. The van der Waals surface area contributed by atoms with Crippen LogP contribution in [0.15, 0.2) is 54.9 Å². The molecule has 0 amide bonds. The van der Waals surface area contributed by atoms with Gasteiger partial charge in [-0.2, -0.15) is 0 Å². The van der Waals surface area contributed by atoms with Gasteiger partial charge in [0.1, 0.15) is 5.82 Å². The van der Waals surface area contributed by atoms with Crippen LogP contribution >= 0.6 is 0 Å². The van der Waals surface area contributed by atoms with Crippen molar-refractivity contribution in [1.82, 2.24) is 15.0 Å². The molecule has 4 rings (SSSR count). The first-order valence-electron chi connectivity index (χ1n) is 9.87. The van der Waals surface area contributed by atoms with Gasteiger partial charge in [0.05, 0.1) is 6.10 Å². The van der Waals surface area contributed by atoms with Crippen LogP contribution in [-0.4, -0.2) is 28.1 Å². The van der Waals surface area contributed by atoms with Crippen molar-refractivity contribution in [2.24, 2.45) is 5.92 Å². The van der Waals surface area contributed by atoms with Gasteiger partial charge in [-0.05, 0) is 44.4 Å². The number of nitrogens with zero attached hydrogens (tertiary/aromatic N) is 3. The van der Waals surface area contributed by atoms with Gasteiger partial charge in [-0.3, -0.25) is 4.98 Å². The van der Waals surface area contributed by atoms with E-state index >= 15 is 0 Å². The third-order valence-corrected chi connectivity index (χ3v) is 5.17. The maximum atomic E-state index is 6.14. The summed E-state index contributed by atoms with van der Waals surface area (Å²) in [5.74, 6) is 1.96. The van der Waals surface area contributed by atoms with E-state index in [0.717, 1.165) is 43.1 Å². The number of nitrogens with one attached hydrogen (secondary N) is 1. The summed E-state index contributed by atoms with van der Waals surface area (Å²) in [6.45, 7) is 5.75. The van der Waals surface area contributed by atoms with Crippen LogP contribution in [0.4, 0.5) is 5.82 Å². The number of pyridine rings is 1. The Morgan fingerprint density at radius 3 is 2.75 bits per heavy atom. The van der Waals surface area contributed by atoms with Crippen LogP contribution in [-0.2, 0) is 4.74 Å². The minimum absolute atomic E-state index is 0.127. The minimum atomic E-state index is 0.127. The third-order valence-electron chi connectivity index (χ3n) is 5.17. The Kier molecular flexibility index (Phi) is 5.63. The van der Waals surface area contributed by atoms with Gasteiger partial charge < -0.3 is 10.1 Å². The molecule has 5 heteroatoms. The molecule has 0 aliphatic carbocycles. The average molecular weight is 374 g/mol. The highest BCUT2D eigenvalue weighted by molar-refractivity contribution is 5.56. The fraction of sp³-hybridized carbons (Fsp3) is 0.348. The Bertz CT molecular complexity index is 912. The molecule has 0 bridgehead atoms. The van der Waals surface area contributed by atoms with Crippen LogP contribution in [0.5, 0.6) is 0 Å². The molecule has 0 radical (unpaired) electrons. The Labute approximate surface area is 166 Å². The maximum absolute atomic E-state index is 6.14. The van der Waals surface area contributed by atoms with E-state index in [1.165, 1.54) is 11.1 Å². The number of aromatic nitrogens is 3. The van der Waals surface area contributed by atoms with E-state index in [4.69, 9.17) is 9.72 Å². The van der Waals surface area contributed by atoms with Crippen molar-refractivity contribution >= 4 is 5.82 Å². The lowest BCUT2D eigenvalue weighted by atomic mass is 9.89. The van der Waals surface area contributed by atoms with E-state index in [1.807, 2.05) is 25.1 Å². The second-order valence-corrected chi connectivity index (χ2v) is 7.45. The number of ether oxygens (including phenoxy) is 1. The van der Waals surface area contributed by atoms with Crippen LogP contribution in [0.2, 0.25) is 0 Å². The van der Waals surface area contributed by atoms with Crippen molar-refractivity contribution in [2.45, 2.75) is 32.8 Å². The SMILES string of the molecule is Cc1ccc(C2OCCCC2CNc2cc(C)nc(-c3cccnc3)n2)cc1. The van der Waals surface area contributed by atoms with Crippen LogP contribution < -0.4 is 5.32 Å². The molecule has 1 N–H and O–H groups in total. The minimum Gasteiger partial charge on any atom is -0.373 e. The molecule has 1 fully saturated rings. The van der Waals surface area contributed by atoms with Gasteiger partial charge in [0.25, 0.3) is 0 Å². The third kappa shape index (κ3) is 4.37. The maximum Gasteiger partial charge on any atom is 0.163 e. The highest BCUT2D eigenvalue weighted by Crippen LogP contribution is 2.34. The highest BCUT2D eigenvalue weighted by atomic mass is 16.5. The van der Waals surface area contributed by atoms with E-state index in [-0.39, 0.29) is 6.10 Å². The molecule has 2 aromatic heterocycles. The fourth-order valence-corrected chi connectivity index (χ4v) is 3.70. The quantitative estimate of drug-likeness (QED) is 0.699. The molecule has 3 heterocycles. The molecule has 5 nitrogen and oxygen atoms in total. The molecular formula is C23H26N4O. The number of hydrogen-bond acceptors (Lipinski definition) is 5. The van der Waals surface area contributed by atoms with E-state index in [0.29, 0.717) is 11.7 Å².